The topological polar surface area (TPSA) is 63.5 Å². The van der Waals surface area contributed by atoms with Crippen molar-refractivity contribution >= 4 is 29.9 Å². The molecule has 0 aliphatic rings. The van der Waals surface area contributed by atoms with Crippen LogP contribution in [0.2, 0.25) is 0 Å². The first kappa shape index (κ1) is 25.5. The number of guanidine groups is 1. The van der Waals surface area contributed by atoms with Crippen LogP contribution in [-0.4, -0.2) is 28.4 Å². The quantitative estimate of drug-likeness (QED) is 0.239. The van der Waals surface area contributed by atoms with Gasteiger partial charge in [0.1, 0.15) is 11.6 Å². The van der Waals surface area contributed by atoms with Crippen molar-refractivity contribution in [3.8, 4) is 5.75 Å². The highest BCUT2D eigenvalue weighted by atomic mass is 127. The standard InChI is InChI=1S/C22H24F3N5O.HI/c1-2-26-21(28-14-18-10-6-7-11-19(18)31-22(23,24)25)29-15-20-27-12-13-30(20)16-17-8-4-3-5-9-17;/h3-13H,2,14-16H2,1H3,(H2,26,28,29);1H. The Bertz CT molecular complexity index is 992. The summed E-state index contributed by atoms with van der Waals surface area (Å²) in [7, 11) is 0. The van der Waals surface area contributed by atoms with E-state index in [1.807, 2.05) is 48.0 Å². The molecule has 1 aromatic heterocycles. The van der Waals surface area contributed by atoms with Crippen LogP contribution in [-0.2, 0) is 19.6 Å². The molecule has 0 aliphatic heterocycles. The van der Waals surface area contributed by atoms with Crippen LogP contribution in [0.3, 0.4) is 0 Å². The van der Waals surface area contributed by atoms with Gasteiger partial charge in [-0.2, -0.15) is 0 Å². The first-order valence-corrected chi connectivity index (χ1v) is 9.84. The van der Waals surface area contributed by atoms with E-state index in [0.29, 0.717) is 31.2 Å². The fourth-order valence-electron chi connectivity index (χ4n) is 2.96. The van der Waals surface area contributed by atoms with Crippen molar-refractivity contribution in [2.75, 3.05) is 6.54 Å². The number of ether oxygens (including phenoxy) is 1. The number of aliphatic imine (C=N–C) groups is 1. The van der Waals surface area contributed by atoms with Gasteiger partial charge in [0.25, 0.3) is 0 Å². The van der Waals surface area contributed by atoms with Crippen LogP contribution in [0.15, 0.2) is 72.0 Å². The number of nitrogens with one attached hydrogen (secondary N) is 2. The molecule has 10 heteroatoms. The number of para-hydroxylation sites is 1. The average molecular weight is 559 g/mol. The van der Waals surface area contributed by atoms with E-state index < -0.39 is 6.36 Å². The third-order valence-electron chi connectivity index (χ3n) is 4.36. The van der Waals surface area contributed by atoms with Crippen LogP contribution in [0.4, 0.5) is 13.2 Å². The second kappa shape index (κ2) is 12.3. The lowest BCUT2D eigenvalue weighted by molar-refractivity contribution is -0.274. The zero-order chi connectivity index (χ0) is 22.1. The summed E-state index contributed by atoms with van der Waals surface area (Å²) in [4.78, 5) is 8.79. The van der Waals surface area contributed by atoms with E-state index in [2.05, 4.69) is 25.3 Å². The fraction of sp³-hybridized carbons (Fsp3) is 0.273. The van der Waals surface area contributed by atoms with Gasteiger partial charge >= 0.3 is 6.36 Å². The van der Waals surface area contributed by atoms with Crippen LogP contribution in [0.5, 0.6) is 5.75 Å². The number of hydrogen-bond acceptors (Lipinski definition) is 3. The van der Waals surface area contributed by atoms with Gasteiger partial charge < -0.3 is 19.9 Å². The molecule has 0 spiro atoms. The summed E-state index contributed by atoms with van der Waals surface area (Å²) >= 11 is 0. The van der Waals surface area contributed by atoms with Crippen LogP contribution >= 0.6 is 24.0 Å². The Hall–Kier alpha value is -2.76. The van der Waals surface area contributed by atoms with Gasteiger partial charge in [-0.1, -0.05) is 48.5 Å². The first-order chi connectivity index (χ1) is 14.9. The highest BCUT2D eigenvalue weighted by Gasteiger charge is 2.31. The van der Waals surface area contributed by atoms with E-state index in [1.54, 1.807) is 18.3 Å². The second-order valence-electron chi connectivity index (χ2n) is 6.66. The van der Waals surface area contributed by atoms with E-state index in [9.17, 15) is 13.2 Å². The van der Waals surface area contributed by atoms with Crippen LogP contribution < -0.4 is 15.4 Å². The summed E-state index contributed by atoms with van der Waals surface area (Å²) < 4.78 is 44.0. The summed E-state index contributed by atoms with van der Waals surface area (Å²) in [5, 5.41) is 6.27. The molecule has 1 heterocycles. The molecular weight excluding hydrogens is 534 g/mol. The molecule has 3 rings (SSSR count). The van der Waals surface area contributed by atoms with Crippen molar-refractivity contribution in [2.45, 2.75) is 32.9 Å². The maximum atomic E-state index is 12.6. The zero-order valence-corrected chi connectivity index (χ0v) is 19.8. The number of nitrogens with zero attached hydrogens (tertiary/aromatic N) is 3. The molecule has 0 amide bonds. The van der Waals surface area contributed by atoms with E-state index in [0.717, 1.165) is 11.4 Å². The highest BCUT2D eigenvalue weighted by Crippen LogP contribution is 2.26. The minimum Gasteiger partial charge on any atom is -0.405 e. The SMILES string of the molecule is CCNC(=NCc1ccccc1OC(F)(F)F)NCc1nccn1Cc1ccccc1.I. The van der Waals surface area contributed by atoms with E-state index in [-0.39, 0.29) is 36.3 Å². The van der Waals surface area contributed by atoms with Crippen molar-refractivity contribution in [1.29, 1.82) is 0 Å². The van der Waals surface area contributed by atoms with Gasteiger partial charge in [-0.25, -0.2) is 9.98 Å². The zero-order valence-electron chi connectivity index (χ0n) is 17.5. The number of rotatable bonds is 8. The molecule has 32 heavy (non-hydrogen) atoms. The van der Waals surface area contributed by atoms with Crippen molar-refractivity contribution in [3.63, 3.8) is 0 Å². The Morgan fingerprint density at radius 1 is 1.06 bits per heavy atom. The Morgan fingerprint density at radius 3 is 2.50 bits per heavy atom. The molecule has 172 valence electrons. The van der Waals surface area contributed by atoms with Crippen LogP contribution in [0.1, 0.15) is 23.9 Å². The molecule has 2 N–H and O–H groups in total. The minimum absolute atomic E-state index is 0. The highest BCUT2D eigenvalue weighted by molar-refractivity contribution is 14.0. The molecule has 0 bridgehead atoms. The van der Waals surface area contributed by atoms with E-state index >= 15 is 0 Å². The lowest BCUT2D eigenvalue weighted by atomic mass is 10.2. The van der Waals surface area contributed by atoms with Gasteiger partial charge in [0, 0.05) is 31.0 Å². The Morgan fingerprint density at radius 2 is 1.78 bits per heavy atom. The molecule has 0 unspecified atom stereocenters. The van der Waals surface area contributed by atoms with Crippen molar-refractivity contribution in [3.05, 3.63) is 83.9 Å². The van der Waals surface area contributed by atoms with Gasteiger partial charge in [0.05, 0.1) is 13.1 Å². The largest absolute Gasteiger partial charge is 0.573 e. The number of imidazole rings is 1. The molecule has 0 saturated carbocycles. The van der Waals surface area contributed by atoms with Crippen molar-refractivity contribution in [1.82, 2.24) is 20.2 Å². The summed E-state index contributed by atoms with van der Waals surface area (Å²) in [5.41, 5.74) is 1.49. The first-order valence-electron chi connectivity index (χ1n) is 9.84. The molecule has 0 saturated heterocycles. The minimum atomic E-state index is -4.75. The van der Waals surface area contributed by atoms with E-state index in [4.69, 9.17) is 0 Å². The molecule has 0 fully saturated rings. The number of hydrogen-bond donors (Lipinski definition) is 2. The fourth-order valence-corrected chi connectivity index (χ4v) is 2.96. The smallest absolute Gasteiger partial charge is 0.405 e. The average Bonchev–Trinajstić information content (AvgIpc) is 3.17. The van der Waals surface area contributed by atoms with Gasteiger partial charge in [-0.05, 0) is 18.6 Å². The molecule has 3 aromatic rings. The summed E-state index contributed by atoms with van der Waals surface area (Å²) in [6.45, 7) is 3.64. The number of halogens is 4. The number of aromatic nitrogens is 2. The summed E-state index contributed by atoms with van der Waals surface area (Å²) in [5.74, 6) is 1.03. The number of alkyl halides is 3. The normalized spacial score (nSPS) is 11.6. The van der Waals surface area contributed by atoms with Gasteiger partial charge in [0.2, 0.25) is 0 Å². The lowest BCUT2D eigenvalue weighted by Crippen LogP contribution is -2.37. The third kappa shape index (κ3) is 8.06. The molecule has 6 nitrogen and oxygen atoms in total. The predicted octanol–water partition coefficient (Wildman–Crippen LogP) is 4.70. The van der Waals surface area contributed by atoms with Gasteiger partial charge in [-0.3, -0.25) is 0 Å². The van der Waals surface area contributed by atoms with Crippen molar-refractivity contribution in [2.24, 2.45) is 4.99 Å². The summed E-state index contributed by atoms with van der Waals surface area (Å²) in [6.07, 6.45) is -1.12. The Balaban J connectivity index is 0.00000363. The van der Waals surface area contributed by atoms with Gasteiger partial charge in [0.15, 0.2) is 5.96 Å². The third-order valence-corrected chi connectivity index (χ3v) is 4.36. The molecule has 0 aliphatic carbocycles. The maximum absolute atomic E-state index is 12.6. The van der Waals surface area contributed by atoms with E-state index in [1.165, 1.54) is 12.1 Å². The van der Waals surface area contributed by atoms with Crippen LogP contribution in [0.25, 0.3) is 0 Å². The molecule has 0 radical (unpaired) electrons. The Kier molecular flexibility index (Phi) is 9.82. The monoisotopic (exact) mass is 559 g/mol. The van der Waals surface area contributed by atoms with Crippen molar-refractivity contribution < 1.29 is 17.9 Å². The molecule has 0 atom stereocenters. The molecule has 2 aromatic carbocycles. The van der Waals surface area contributed by atoms with Gasteiger partial charge in [-0.15, -0.1) is 37.1 Å². The predicted molar refractivity (Wildman–Crippen MR) is 128 cm³/mol. The Labute approximate surface area is 201 Å². The van der Waals surface area contributed by atoms with Crippen LogP contribution in [0, 0.1) is 0 Å². The molecular formula is C22H25F3IN5O. The maximum Gasteiger partial charge on any atom is 0.573 e. The number of benzene rings is 2. The second-order valence-corrected chi connectivity index (χ2v) is 6.66. The lowest BCUT2D eigenvalue weighted by Gasteiger charge is -2.14. The summed E-state index contributed by atoms with van der Waals surface area (Å²) in [6, 6.07) is 16.0.